The van der Waals surface area contributed by atoms with Crippen molar-refractivity contribution < 1.29 is 4.79 Å². The second kappa shape index (κ2) is 10.2. The number of carbonyl (C=O) groups is 1. The van der Waals surface area contributed by atoms with Gasteiger partial charge in [0.1, 0.15) is 0 Å². The van der Waals surface area contributed by atoms with Crippen molar-refractivity contribution in [3.05, 3.63) is 13.2 Å². The van der Waals surface area contributed by atoms with Crippen LogP contribution < -0.4 is 5.73 Å². The highest BCUT2D eigenvalue weighted by molar-refractivity contribution is 5.73. The van der Waals surface area contributed by atoms with Gasteiger partial charge in [0.05, 0.1) is 0 Å². The van der Waals surface area contributed by atoms with Crippen LogP contribution in [0.15, 0.2) is 13.2 Å². The highest BCUT2D eigenvalue weighted by Crippen LogP contribution is 1.89. The largest absolute Gasteiger partial charge is 0.370 e. The second-order valence-corrected chi connectivity index (χ2v) is 1.57. The maximum atomic E-state index is 9.98. The van der Waals surface area contributed by atoms with Crippen LogP contribution in [0.1, 0.15) is 26.2 Å². The third-order valence-corrected chi connectivity index (χ3v) is 0.777. The number of amides is 1. The third-order valence-electron chi connectivity index (χ3n) is 0.777. The maximum absolute atomic E-state index is 9.98. The van der Waals surface area contributed by atoms with Gasteiger partial charge in [-0.3, -0.25) is 4.79 Å². The molecule has 2 nitrogen and oxygen atoms in total. The Labute approximate surface area is 56.7 Å². The summed E-state index contributed by atoms with van der Waals surface area (Å²) in [5.41, 5.74) is 4.84. The minimum atomic E-state index is -0.193. The van der Waals surface area contributed by atoms with Crippen LogP contribution in [0.3, 0.4) is 0 Å². The van der Waals surface area contributed by atoms with Crippen molar-refractivity contribution in [1.82, 2.24) is 0 Å². The van der Waals surface area contributed by atoms with Crippen LogP contribution in [-0.4, -0.2) is 5.91 Å². The SMILES string of the molecule is C=C.CCCCC(N)=O. The summed E-state index contributed by atoms with van der Waals surface area (Å²) in [5.74, 6) is -0.193. The predicted octanol–water partition coefficient (Wildman–Crippen LogP) is 1.46. The van der Waals surface area contributed by atoms with Crippen molar-refractivity contribution in [2.24, 2.45) is 5.73 Å². The molecule has 0 aromatic heterocycles. The summed E-state index contributed by atoms with van der Waals surface area (Å²) in [7, 11) is 0. The molecule has 0 aromatic carbocycles. The molecule has 0 aliphatic carbocycles. The highest BCUT2D eigenvalue weighted by atomic mass is 16.1. The van der Waals surface area contributed by atoms with Gasteiger partial charge in [-0.05, 0) is 6.42 Å². The van der Waals surface area contributed by atoms with Gasteiger partial charge in [0, 0.05) is 6.42 Å². The van der Waals surface area contributed by atoms with E-state index in [1.165, 1.54) is 0 Å². The van der Waals surface area contributed by atoms with E-state index < -0.39 is 0 Å². The standard InChI is InChI=1S/C5H11NO.C2H4/c1-2-3-4-5(6)7;1-2/h2-4H2,1H3,(H2,6,7);1-2H2. The monoisotopic (exact) mass is 129 g/mol. The summed E-state index contributed by atoms with van der Waals surface area (Å²) in [6, 6.07) is 0. The van der Waals surface area contributed by atoms with E-state index in [9.17, 15) is 4.79 Å². The van der Waals surface area contributed by atoms with Crippen molar-refractivity contribution in [3.63, 3.8) is 0 Å². The molecule has 0 spiro atoms. The first-order valence-corrected chi connectivity index (χ1v) is 3.05. The summed E-state index contributed by atoms with van der Waals surface area (Å²) in [6.45, 7) is 8.03. The van der Waals surface area contributed by atoms with Gasteiger partial charge in [-0.25, -0.2) is 0 Å². The Balaban J connectivity index is 0. The number of carbonyl (C=O) groups excluding carboxylic acids is 1. The first-order chi connectivity index (χ1) is 4.27. The molecule has 2 N–H and O–H groups in total. The first-order valence-electron chi connectivity index (χ1n) is 3.05. The fourth-order valence-corrected chi connectivity index (χ4v) is 0.351. The van der Waals surface area contributed by atoms with Crippen molar-refractivity contribution in [1.29, 1.82) is 0 Å². The van der Waals surface area contributed by atoms with E-state index in [0.717, 1.165) is 12.8 Å². The maximum Gasteiger partial charge on any atom is 0.217 e. The molecular weight excluding hydrogens is 114 g/mol. The number of hydrogen-bond donors (Lipinski definition) is 1. The smallest absolute Gasteiger partial charge is 0.217 e. The minimum absolute atomic E-state index is 0.193. The Kier molecular flexibility index (Phi) is 12.6. The molecule has 0 aliphatic rings. The molecule has 0 radical (unpaired) electrons. The summed E-state index contributed by atoms with van der Waals surface area (Å²) in [6.07, 6.45) is 2.51. The molecular formula is C7H15NO. The van der Waals surface area contributed by atoms with Crippen molar-refractivity contribution in [2.75, 3.05) is 0 Å². The van der Waals surface area contributed by atoms with Crippen LogP contribution in [0.5, 0.6) is 0 Å². The van der Waals surface area contributed by atoms with Crippen LogP contribution in [0.25, 0.3) is 0 Å². The summed E-state index contributed by atoms with van der Waals surface area (Å²) in [5, 5.41) is 0. The molecule has 0 saturated carbocycles. The molecule has 0 rings (SSSR count). The van der Waals surface area contributed by atoms with Crippen LogP contribution in [0, 0.1) is 0 Å². The molecule has 0 aliphatic heterocycles. The predicted molar refractivity (Wildman–Crippen MR) is 40.0 cm³/mol. The average molecular weight is 129 g/mol. The highest BCUT2D eigenvalue weighted by Gasteiger charge is 1.88. The second-order valence-electron chi connectivity index (χ2n) is 1.57. The Morgan fingerprint density at radius 2 is 2.00 bits per heavy atom. The van der Waals surface area contributed by atoms with E-state index in [1.807, 2.05) is 6.92 Å². The molecule has 0 saturated heterocycles. The van der Waals surface area contributed by atoms with E-state index in [2.05, 4.69) is 13.2 Å². The van der Waals surface area contributed by atoms with Crippen molar-refractivity contribution in [2.45, 2.75) is 26.2 Å². The van der Waals surface area contributed by atoms with E-state index in [1.54, 1.807) is 0 Å². The molecule has 0 unspecified atom stereocenters. The molecule has 0 atom stereocenters. The number of hydrogen-bond acceptors (Lipinski definition) is 1. The number of unbranched alkanes of at least 4 members (excludes halogenated alkanes) is 1. The topological polar surface area (TPSA) is 43.1 Å². The van der Waals surface area contributed by atoms with E-state index in [4.69, 9.17) is 5.73 Å². The molecule has 1 amide bonds. The molecule has 0 bridgehead atoms. The summed E-state index contributed by atoms with van der Waals surface area (Å²) < 4.78 is 0. The van der Waals surface area contributed by atoms with Gasteiger partial charge in [-0.1, -0.05) is 13.3 Å². The molecule has 0 fully saturated rings. The lowest BCUT2D eigenvalue weighted by Crippen LogP contribution is -2.09. The Morgan fingerprint density at radius 1 is 1.56 bits per heavy atom. The quantitative estimate of drug-likeness (QED) is 0.576. The lowest BCUT2D eigenvalue weighted by molar-refractivity contribution is -0.118. The van der Waals surface area contributed by atoms with Gasteiger partial charge < -0.3 is 5.73 Å². The zero-order valence-corrected chi connectivity index (χ0v) is 6.02. The van der Waals surface area contributed by atoms with Crippen LogP contribution in [0.2, 0.25) is 0 Å². The van der Waals surface area contributed by atoms with Gasteiger partial charge >= 0.3 is 0 Å². The Hall–Kier alpha value is -0.790. The average Bonchev–Trinajstić information content (AvgIpc) is 1.88. The molecule has 0 aromatic rings. The number of nitrogens with two attached hydrogens (primary N) is 1. The molecule has 0 heterocycles. The lowest BCUT2D eigenvalue weighted by atomic mass is 10.2. The van der Waals surface area contributed by atoms with E-state index in [0.29, 0.717) is 6.42 Å². The third kappa shape index (κ3) is 19.0. The van der Waals surface area contributed by atoms with Gasteiger partial charge in [0.15, 0.2) is 0 Å². The van der Waals surface area contributed by atoms with Crippen LogP contribution in [0.4, 0.5) is 0 Å². The fourth-order valence-electron chi connectivity index (χ4n) is 0.351. The zero-order valence-electron chi connectivity index (χ0n) is 6.02. The van der Waals surface area contributed by atoms with Crippen LogP contribution >= 0.6 is 0 Å². The Morgan fingerprint density at radius 3 is 2.11 bits per heavy atom. The molecule has 2 heteroatoms. The van der Waals surface area contributed by atoms with Gasteiger partial charge in [-0.15, -0.1) is 13.2 Å². The van der Waals surface area contributed by atoms with Gasteiger partial charge in [0.25, 0.3) is 0 Å². The van der Waals surface area contributed by atoms with E-state index >= 15 is 0 Å². The first kappa shape index (κ1) is 11.1. The number of primary amides is 1. The van der Waals surface area contributed by atoms with Gasteiger partial charge in [0.2, 0.25) is 5.91 Å². The van der Waals surface area contributed by atoms with E-state index in [-0.39, 0.29) is 5.91 Å². The van der Waals surface area contributed by atoms with Gasteiger partial charge in [-0.2, -0.15) is 0 Å². The van der Waals surface area contributed by atoms with Crippen LogP contribution in [-0.2, 0) is 4.79 Å². The Bertz CT molecular complexity index is 71.3. The summed E-state index contributed by atoms with van der Waals surface area (Å²) in [4.78, 5) is 9.98. The minimum Gasteiger partial charge on any atom is -0.370 e. The number of rotatable bonds is 3. The zero-order chi connectivity index (χ0) is 7.70. The van der Waals surface area contributed by atoms with Crippen molar-refractivity contribution in [3.8, 4) is 0 Å². The lowest BCUT2D eigenvalue weighted by Gasteiger charge is -1.86. The summed E-state index contributed by atoms with van der Waals surface area (Å²) >= 11 is 0. The normalized spacial score (nSPS) is 7.22. The fraction of sp³-hybridized carbons (Fsp3) is 0.571. The van der Waals surface area contributed by atoms with Crippen molar-refractivity contribution >= 4 is 5.91 Å². The molecule has 9 heavy (non-hydrogen) atoms. The molecule has 54 valence electrons.